The molecule has 2 saturated carbocycles. The minimum Gasteiger partial charge on any atom is -0.494 e. The van der Waals surface area contributed by atoms with Crippen molar-refractivity contribution in [1.29, 1.82) is 0 Å². The van der Waals surface area contributed by atoms with Gasteiger partial charge in [0, 0.05) is 23.9 Å². The van der Waals surface area contributed by atoms with Crippen LogP contribution in [0.1, 0.15) is 81.9 Å². The maximum absolute atomic E-state index is 13.6. The molecular weight excluding hydrogens is 438 g/mol. The Labute approximate surface area is 205 Å². The first kappa shape index (κ1) is 23.3. The molecule has 5 rings (SSSR count). The van der Waals surface area contributed by atoms with Crippen molar-refractivity contribution in [2.45, 2.75) is 76.3 Å². The molecule has 0 bridgehead atoms. The van der Waals surface area contributed by atoms with Crippen LogP contribution in [0.3, 0.4) is 0 Å². The first-order valence-corrected chi connectivity index (χ1v) is 12.9. The quantitative estimate of drug-likeness (QED) is 0.454. The molecule has 3 aromatic rings. The van der Waals surface area contributed by atoms with Crippen molar-refractivity contribution in [3.8, 4) is 17.0 Å². The molecule has 0 radical (unpaired) electrons. The summed E-state index contributed by atoms with van der Waals surface area (Å²) in [5.74, 6) is -0.250. The zero-order chi connectivity index (χ0) is 24.2. The van der Waals surface area contributed by atoms with E-state index < -0.39 is 5.56 Å². The lowest BCUT2D eigenvalue weighted by Crippen LogP contribution is -2.45. The Bertz CT molecular complexity index is 1310. The minimum atomic E-state index is -0.438. The van der Waals surface area contributed by atoms with Gasteiger partial charge in [-0.05, 0) is 37.3 Å². The van der Waals surface area contributed by atoms with Gasteiger partial charge < -0.3 is 5.11 Å². The molecule has 2 aliphatic carbocycles. The fraction of sp³-hybridized carbons (Fsp3) is 0.414. The summed E-state index contributed by atoms with van der Waals surface area (Å²) in [6.07, 6.45) is 11.1. The monoisotopic (exact) mass is 471 g/mol. The smallest absolute Gasteiger partial charge is 0.334 e. The number of aromatic hydroxyl groups is 1. The van der Waals surface area contributed by atoms with Gasteiger partial charge in [0.1, 0.15) is 5.56 Å². The first-order valence-electron chi connectivity index (χ1n) is 12.9. The maximum atomic E-state index is 13.6. The second kappa shape index (κ2) is 10.5. The molecule has 0 atom stereocenters. The van der Waals surface area contributed by atoms with Crippen LogP contribution >= 0.6 is 0 Å². The van der Waals surface area contributed by atoms with Crippen LogP contribution in [0.15, 0.2) is 69.2 Å². The molecule has 0 unspecified atom stereocenters. The number of benzene rings is 2. The zero-order valence-corrected chi connectivity index (χ0v) is 20.1. The second-order valence-electron chi connectivity index (χ2n) is 9.79. The van der Waals surface area contributed by atoms with Crippen LogP contribution in [0.4, 0.5) is 5.69 Å². The number of hydrogen-bond acceptors (Lipinski definition) is 4. The Balaban J connectivity index is 1.63. The van der Waals surface area contributed by atoms with Gasteiger partial charge in [-0.1, -0.05) is 87.1 Å². The molecule has 182 valence electrons. The minimum absolute atomic E-state index is 0.0876. The molecule has 0 saturated heterocycles. The highest BCUT2D eigenvalue weighted by atomic mass is 16.3. The summed E-state index contributed by atoms with van der Waals surface area (Å²) in [4.78, 5) is 31.9. The molecular formula is C29H33N3O3. The Morgan fingerprint density at radius 1 is 0.743 bits per heavy atom. The summed E-state index contributed by atoms with van der Waals surface area (Å²) in [5, 5.41) is 11.2. The fourth-order valence-electron chi connectivity index (χ4n) is 5.67. The van der Waals surface area contributed by atoms with Gasteiger partial charge in [0.05, 0.1) is 5.69 Å². The molecule has 0 amide bonds. The lowest BCUT2D eigenvalue weighted by Gasteiger charge is -2.29. The van der Waals surface area contributed by atoms with E-state index in [0.717, 1.165) is 75.3 Å². The molecule has 2 aliphatic rings. The van der Waals surface area contributed by atoms with Gasteiger partial charge in [-0.3, -0.25) is 18.9 Å². The molecule has 2 fully saturated rings. The molecule has 1 N–H and O–H groups in total. The number of aliphatic imine (C=N–C) groups is 1. The topological polar surface area (TPSA) is 76.6 Å². The number of nitrogens with zero attached hydrogens (tertiary/aromatic N) is 3. The van der Waals surface area contributed by atoms with Crippen LogP contribution in [-0.2, 0) is 0 Å². The van der Waals surface area contributed by atoms with Crippen LogP contribution in [0.25, 0.3) is 11.1 Å². The number of aromatic nitrogens is 2. The predicted octanol–water partition coefficient (Wildman–Crippen LogP) is 6.14. The molecule has 35 heavy (non-hydrogen) atoms. The van der Waals surface area contributed by atoms with Crippen molar-refractivity contribution in [3.63, 3.8) is 0 Å². The summed E-state index contributed by atoms with van der Waals surface area (Å²) in [6, 6.07) is 17.5. The average molecular weight is 472 g/mol. The predicted molar refractivity (Wildman–Crippen MR) is 140 cm³/mol. The summed E-state index contributed by atoms with van der Waals surface area (Å²) in [7, 11) is 0. The Morgan fingerprint density at radius 2 is 1.31 bits per heavy atom. The van der Waals surface area contributed by atoms with Crippen molar-refractivity contribution in [3.05, 3.63) is 81.0 Å². The van der Waals surface area contributed by atoms with Crippen LogP contribution in [0.5, 0.6) is 5.88 Å². The molecule has 0 aliphatic heterocycles. The third-order valence-corrected chi connectivity index (χ3v) is 7.53. The van der Waals surface area contributed by atoms with Crippen molar-refractivity contribution >= 4 is 11.9 Å². The van der Waals surface area contributed by atoms with Crippen LogP contribution < -0.4 is 11.2 Å². The molecule has 6 nitrogen and oxygen atoms in total. The van der Waals surface area contributed by atoms with E-state index in [1.807, 2.05) is 54.6 Å². The van der Waals surface area contributed by atoms with E-state index in [0.29, 0.717) is 5.69 Å². The van der Waals surface area contributed by atoms with E-state index in [2.05, 4.69) is 4.99 Å². The van der Waals surface area contributed by atoms with Crippen molar-refractivity contribution in [1.82, 2.24) is 9.13 Å². The summed E-state index contributed by atoms with van der Waals surface area (Å²) >= 11 is 0. The summed E-state index contributed by atoms with van der Waals surface area (Å²) < 4.78 is 2.90. The van der Waals surface area contributed by atoms with Gasteiger partial charge in [0.2, 0.25) is 5.88 Å². The van der Waals surface area contributed by atoms with Crippen molar-refractivity contribution in [2.75, 3.05) is 0 Å². The van der Waals surface area contributed by atoms with E-state index in [4.69, 9.17) is 0 Å². The van der Waals surface area contributed by atoms with Gasteiger partial charge in [-0.2, -0.15) is 0 Å². The van der Waals surface area contributed by atoms with Crippen molar-refractivity contribution < 1.29 is 5.11 Å². The molecule has 1 aromatic heterocycles. The lowest BCUT2D eigenvalue weighted by atomic mass is 9.94. The van der Waals surface area contributed by atoms with Gasteiger partial charge in [-0.15, -0.1) is 0 Å². The van der Waals surface area contributed by atoms with Gasteiger partial charge >= 0.3 is 5.69 Å². The lowest BCUT2D eigenvalue weighted by molar-refractivity contribution is 0.271. The van der Waals surface area contributed by atoms with Crippen LogP contribution in [-0.4, -0.2) is 20.5 Å². The largest absolute Gasteiger partial charge is 0.494 e. The Hall–Kier alpha value is -3.41. The fourth-order valence-corrected chi connectivity index (χ4v) is 5.67. The number of hydrogen-bond donors (Lipinski definition) is 1. The molecule has 2 aromatic carbocycles. The molecule has 0 spiro atoms. The molecule has 1 heterocycles. The maximum Gasteiger partial charge on any atom is 0.334 e. The van der Waals surface area contributed by atoms with E-state index in [9.17, 15) is 14.7 Å². The third kappa shape index (κ3) is 4.75. The highest BCUT2D eigenvalue weighted by Gasteiger charge is 2.28. The van der Waals surface area contributed by atoms with Crippen LogP contribution in [0, 0.1) is 0 Å². The van der Waals surface area contributed by atoms with Gasteiger partial charge in [0.25, 0.3) is 5.56 Å². The Kier molecular flexibility index (Phi) is 6.98. The summed E-state index contributed by atoms with van der Waals surface area (Å²) in [6.45, 7) is 0. The van der Waals surface area contributed by atoms with Gasteiger partial charge in [0.15, 0.2) is 0 Å². The first-order chi connectivity index (χ1) is 17.1. The van der Waals surface area contributed by atoms with Gasteiger partial charge in [-0.25, -0.2) is 4.79 Å². The zero-order valence-electron chi connectivity index (χ0n) is 20.1. The highest BCUT2D eigenvalue weighted by molar-refractivity contribution is 5.87. The van der Waals surface area contributed by atoms with Crippen molar-refractivity contribution in [2.24, 2.45) is 4.99 Å². The molecule has 6 heteroatoms. The SMILES string of the molecule is O=c1c(C=Nc2ccccc2-c2ccccc2)c(O)n(C2CCCCC2)c(=O)n1C1CCCCC1. The van der Waals surface area contributed by atoms with Crippen LogP contribution in [0.2, 0.25) is 0 Å². The van der Waals surface area contributed by atoms with E-state index >= 15 is 0 Å². The average Bonchev–Trinajstić information content (AvgIpc) is 2.90. The summed E-state index contributed by atoms with van der Waals surface area (Å²) in [5.41, 5.74) is 1.97. The Morgan fingerprint density at radius 3 is 1.97 bits per heavy atom. The third-order valence-electron chi connectivity index (χ3n) is 7.53. The van der Waals surface area contributed by atoms with E-state index in [-0.39, 0.29) is 29.2 Å². The van der Waals surface area contributed by atoms with E-state index in [1.54, 1.807) is 0 Å². The number of rotatable bonds is 5. The number of para-hydroxylation sites is 1. The standard InChI is InChI=1S/C29H33N3O3/c33-27-25(20-30-26-19-11-10-18-24(26)21-12-4-1-5-13-21)28(34)32(23-16-8-3-9-17-23)29(35)31(27)22-14-6-2-7-15-22/h1,4-5,10-13,18-20,22-23,33H,2-3,6-9,14-17H2. The normalized spacial score (nSPS) is 17.7. The second-order valence-corrected chi connectivity index (χ2v) is 9.79. The highest BCUT2D eigenvalue weighted by Crippen LogP contribution is 2.33. The van der Waals surface area contributed by atoms with E-state index in [1.165, 1.54) is 15.3 Å².